The van der Waals surface area contributed by atoms with Crippen LogP contribution in [0.5, 0.6) is 5.75 Å². The van der Waals surface area contributed by atoms with Gasteiger partial charge in [0.05, 0.1) is 6.10 Å². The summed E-state index contributed by atoms with van der Waals surface area (Å²) in [6, 6.07) is 15.0. The molecule has 0 radical (unpaired) electrons. The Kier molecular flexibility index (Phi) is 5.84. The first-order valence-corrected chi connectivity index (χ1v) is 7.72. The summed E-state index contributed by atoms with van der Waals surface area (Å²) in [5, 5.41) is 3.58. The zero-order valence-electron chi connectivity index (χ0n) is 12.8. The molecule has 1 N–H and O–H groups in total. The minimum Gasteiger partial charge on any atom is -0.491 e. The van der Waals surface area contributed by atoms with Crippen LogP contribution in [0.15, 0.2) is 48.5 Å². The van der Waals surface area contributed by atoms with Crippen molar-refractivity contribution in [2.75, 3.05) is 5.32 Å². The highest BCUT2D eigenvalue weighted by molar-refractivity contribution is 6.31. The van der Waals surface area contributed by atoms with E-state index in [2.05, 4.69) is 5.32 Å². The Morgan fingerprint density at radius 1 is 1.18 bits per heavy atom. The first-order chi connectivity index (χ1) is 10.5. The molecule has 4 heteroatoms. The van der Waals surface area contributed by atoms with Crippen LogP contribution in [0.25, 0.3) is 0 Å². The van der Waals surface area contributed by atoms with E-state index in [1.54, 1.807) is 0 Å². The van der Waals surface area contributed by atoms with Gasteiger partial charge in [-0.25, -0.2) is 0 Å². The van der Waals surface area contributed by atoms with Crippen molar-refractivity contribution in [2.24, 2.45) is 0 Å². The van der Waals surface area contributed by atoms with E-state index in [9.17, 15) is 4.79 Å². The Hall–Kier alpha value is -2.00. The smallest absolute Gasteiger partial charge is 0.224 e. The lowest BCUT2D eigenvalue weighted by Crippen LogP contribution is -2.13. The average molecular weight is 318 g/mol. The zero-order valence-corrected chi connectivity index (χ0v) is 13.6. The van der Waals surface area contributed by atoms with Crippen LogP contribution in [0.3, 0.4) is 0 Å². The minimum absolute atomic E-state index is 0.0402. The highest BCUT2D eigenvalue weighted by Crippen LogP contribution is 2.20. The molecule has 0 fully saturated rings. The molecule has 0 bridgehead atoms. The maximum Gasteiger partial charge on any atom is 0.224 e. The molecule has 0 spiro atoms. The largest absolute Gasteiger partial charge is 0.491 e. The molecular formula is C18H20ClNO2. The zero-order chi connectivity index (χ0) is 15.9. The number of anilines is 1. The van der Waals surface area contributed by atoms with E-state index in [0.717, 1.165) is 17.0 Å². The summed E-state index contributed by atoms with van der Waals surface area (Å²) in [5.74, 6) is 0.709. The number of nitrogens with one attached hydrogen (secondary N) is 1. The second-order valence-electron chi connectivity index (χ2n) is 5.33. The van der Waals surface area contributed by atoms with Crippen molar-refractivity contribution in [2.45, 2.75) is 32.8 Å². The van der Waals surface area contributed by atoms with Gasteiger partial charge in [-0.2, -0.15) is 0 Å². The Balaban J connectivity index is 1.91. The summed E-state index contributed by atoms with van der Waals surface area (Å²) in [4.78, 5) is 12.0. The number of benzene rings is 2. The average Bonchev–Trinajstić information content (AvgIpc) is 2.46. The monoisotopic (exact) mass is 317 g/mol. The number of carbonyl (C=O) groups is 1. The number of amides is 1. The van der Waals surface area contributed by atoms with E-state index in [0.29, 0.717) is 17.9 Å². The molecule has 0 atom stereocenters. The molecule has 0 aliphatic carbocycles. The van der Waals surface area contributed by atoms with Crippen LogP contribution in [0.4, 0.5) is 5.69 Å². The van der Waals surface area contributed by atoms with Crippen LogP contribution >= 0.6 is 11.6 Å². The predicted octanol–water partition coefficient (Wildman–Crippen LogP) is 4.70. The van der Waals surface area contributed by atoms with Gasteiger partial charge in [0.15, 0.2) is 0 Å². The van der Waals surface area contributed by atoms with Gasteiger partial charge in [0.25, 0.3) is 0 Å². The van der Waals surface area contributed by atoms with Gasteiger partial charge in [0.1, 0.15) is 5.75 Å². The molecule has 3 nitrogen and oxygen atoms in total. The first-order valence-electron chi connectivity index (χ1n) is 7.34. The van der Waals surface area contributed by atoms with Gasteiger partial charge in [-0.05, 0) is 44.0 Å². The van der Waals surface area contributed by atoms with Gasteiger partial charge < -0.3 is 10.1 Å². The Bertz CT molecular complexity index is 640. The van der Waals surface area contributed by atoms with E-state index >= 15 is 0 Å². The summed E-state index contributed by atoms with van der Waals surface area (Å²) in [6.45, 7) is 3.93. The van der Waals surface area contributed by atoms with Gasteiger partial charge in [-0.3, -0.25) is 4.79 Å². The highest BCUT2D eigenvalue weighted by atomic mass is 35.5. The van der Waals surface area contributed by atoms with Crippen molar-refractivity contribution >= 4 is 23.2 Å². The molecule has 22 heavy (non-hydrogen) atoms. The normalized spacial score (nSPS) is 10.5. The third-order valence-electron chi connectivity index (χ3n) is 3.07. The molecule has 2 aromatic carbocycles. The summed E-state index contributed by atoms with van der Waals surface area (Å²) in [6.07, 6.45) is 1.11. The molecule has 0 aromatic heterocycles. The van der Waals surface area contributed by atoms with E-state index in [1.165, 1.54) is 0 Å². The van der Waals surface area contributed by atoms with Crippen LogP contribution in [-0.2, 0) is 11.2 Å². The van der Waals surface area contributed by atoms with Crippen LogP contribution in [-0.4, -0.2) is 12.0 Å². The summed E-state index contributed by atoms with van der Waals surface area (Å²) >= 11 is 6.09. The predicted molar refractivity (Wildman–Crippen MR) is 90.6 cm³/mol. The Morgan fingerprint density at radius 2 is 1.95 bits per heavy atom. The minimum atomic E-state index is -0.0402. The molecule has 0 saturated carbocycles. The van der Waals surface area contributed by atoms with Gasteiger partial charge >= 0.3 is 0 Å². The van der Waals surface area contributed by atoms with E-state index in [4.69, 9.17) is 16.3 Å². The number of rotatable bonds is 6. The lowest BCUT2D eigenvalue weighted by atomic mass is 10.1. The molecule has 0 aliphatic heterocycles. The lowest BCUT2D eigenvalue weighted by Gasteiger charge is -2.11. The fraction of sp³-hybridized carbons (Fsp3) is 0.278. The summed E-state index contributed by atoms with van der Waals surface area (Å²) in [5.41, 5.74) is 1.72. The third-order valence-corrected chi connectivity index (χ3v) is 3.44. The lowest BCUT2D eigenvalue weighted by molar-refractivity contribution is -0.116. The van der Waals surface area contributed by atoms with Crippen molar-refractivity contribution in [1.29, 1.82) is 0 Å². The molecule has 116 valence electrons. The van der Waals surface area contributed by atoms with Crippen LogP contribution in [0.1, 0.15) is 25.8 Å². The standard InChI is InChI=1S/C18H20ClNO2/c1-13(2)22-16-8-5-7-15(12-16)20-18(21)11-10-14-6-3-4-9-17(14)19/h3-9,12-13H,10-11H2,1-2H3,(H,20,21). The van der Waals surface area contributed by atoms with Crippen LogP contribution < -0.4 is 10.1 Å². The Morgan fingerprint density at radius 3 is 2.68 bits per heavy atom. The molecule has 2 rings (SSSR count). The maximum atomic E-state index is 12.0. The maximum absolute atomic E-state index is 12.0. The summed E-state index contributed by atoms with van der Waals surface area (Å²) in [7, 11) is 0. The molecule has 0 heterocycles. The number of carbonyl (C=O) groups excluding carboxylic acids is 1. The number of hydrogen-bond acceptors (Lipinski definition) is 2. The second-order valence-corrected chi connectivity index (χ2v) is 5.74. The quantitative estimate of drug-likeness (QED) is 0.838. The topological polar surface area (TPSA) is 38.3 Å². The molecule has 0 aliphatic rings. The molecule has 1 amide bonds. The molecule has 0 saturated heterocycles. The van der Waals surface area contributed by atoms with E-state index < -0.39 is 0 Å². The number of hydrogen-bond donors (Lipinski definition) is 1. The fourth-order valence-corrected chi connectivity index (χ4v) is 2.32. The first kappa shape index (κ1) is 16.4. The van der Waals surface area contributed by atoms with Crippen LogP contribution in [0, 0.1) is 0 Å². The van der Waals surface area contributed by atoms with Gasteiger partial charge in [0, 0.05) is 23.2 Å². The molecule has 0 unspecified atom stereocenters. The SMILES string of the molecule is CC(C)Oc1cccc(NC(=O)CCc2ccccc2Cl)c1. The molecular weight excluding hydrogens is 298 g/mol. The number of aryl methyl sites for hydroxylation is 1. The van der Waals surface area contributed by atoms with Crippen molar-refractivity contribution in [3.05, 3.63) is 59.1 Å². The van der Waals surface area contributed by atoms with Gasteiger partial charge in [0.2, 0.25) is 5.91 Å². The van der Waals surface area contributed by atoms with Gasteiger partial charge in [-0.15, -0.1) is 0 Å². The summed E-state index contributed by atoms with van der Waals surface area (Å²) < 4.78 is 5.61. The molecule has 2 aromatic rings. The van der Waals surface area contributed by atoms with Crippen LogP contribution in [0.2, 0.25) is 5.02 Å². The van der Waals surface area contributed by atoms with Crippen molar-refractivity contribution in [3.8, 4) is 5.75 Å². The number of halogens is 1. The van der Waals surface area contributed by atoms with Crippen molar-refractivity contribution in [3.63, 3.8) is 0 Å². The van der Waals surface area contributed by atoms with Gasteiger partial charge in [-0.1, -0.05) is 35.9 Å². The second kappa shape index (κ2) is 7.85. The van der Waals surface area contributed by atoms with E-state index in [-0.39, 0.29) is 12.0 Å². The third kappa shape index (κ3) is 5.08. The van der Waals surface area contributed by atoms with Crippen molar-refractivity contribution < 1.29 is 9.53 Å². The van der Waals surface area contributed by atoms with Crippen molar-refractivity contribution in [1.82, 2.24) is 0 Å². The number of ether oxygens (including phenoxy) is 1. The highest BCUT2D eigenvalue weighted by Gasteiger charge is 2.06. The Labute approximate surface area is 136 Å². The fourth-order valence-electron chi connectivity index (χ4n) is 2.09. The van der Waals surface area contributed by atoms with E-state index in [1.807, 2.05) is 62.4 Å².